The lowest BCUT2D eigenvalue weighted by molar-refractivity contribution is 0.0691. The fraction of sp³-hybridized carbons (Fsp3) is 0.267. The molecule has 0 amide bonds. The topological polar surface area (TPSA) is 98.3 Å². The van der Waals surface area contributed by atoms with Gasteiger partial charge in [-0.05, 0) is 31.0 Å². The zero-order valence-corrected chi connectivity index (χ0v) is 12.0. The zero-order valence-electron chi connectivity index (χ0n) is 12.0. The second-order valence-corrected chi connectivity index (χ2v) is 4.58. The molecule has 0 unspecified atom stereocenters. The van der Waals surface area contributed by atoms with Crippen LogP contribution < -0.4 is 10.5 Å². The highest BCUT2D eigenvalue weighted by Gasteiger charge is 2.17. The Kier molecular flexibility index (Phi) is 4.37. The molecule has 21 heavy (non-hydrogen) atoms. The van der Waals surface area contributed by atoms with E-state index >= 15 is 0 Å². The van der Waals surface area contributed by atoms with Crippen molar-refractivity contribution >= 4 is 11.9 Å². The van der Waals surface area contributed by atoms with Gasteiger partial charge in [0.2, 0.25) is 5.95 Å². The average Bonchev–Trinajstić information content (AvgIpc) is 2.44. The van der Waals surface area contributed by atoms with Crippen molar-refractivity contribution in [2.24, 2.45) is 0 Å². The van der Waals surface area contributed by atoms with E-state index in [0.29, 0.717) is 11.4 Å². The maximum Gasteiger partial charge on any atom is 0.339 e. The molecule has 6 heteroatoms. The largest absolute Gasteiger partial charge is 0.487 e. The SMILES string of the molecule is CCc1cccc(OCc2nc(N)nc(C)c2C(=O)O)c1. The molecular formula is C15H17N3O3. The molecule has 0 radical (unpaired) electrons. The van der Waals surface area contributed by atoms with Gasteiger partial charge in [-0.25, -0.2) is 14.8 Å². The molecule has 0 aliphatic rings. The first-order valence-corrected chi connectivity index (χ1v) is 6.59. The van der Waals surface area contributed by atoms with Crippen molar-refractivity contribution in [2.45, 2.75) is 26.9 Å². The van der Waals surface area contributed by atoms with Gasteiger partial charge in [-0.3, -0.25) is 0 Å². The van der Waals surface area contributed by atoms with Gasteiger partial charge < -0.3 is 15.6 Å². The van der Waals surface area contributed by atoms with Crippen LogP contribution in [-0.4, -0.2) is 21.0 Å². The number of hydrogen-bond donors (Lipinski definition) is 2. The van der Waals surface area contributed by atoms with E-state index in [1.54, 1.807) is 6.92 Å². The van der Waals surface area contributed by atoms with E-state index in [1.165, 1.54) is 0 Å². The van der Waals surface area contributed by atoms with Crippen LogP contribution in [0.4, 0.5) is 5.95 Å². The minimum absolute atomic E-state index is 0.0301. The first kappa shape index (κ1) is 14.8. The van der Waals surface area contributed by atoms with Crippen molar-refractivity contribution in [3.05, 3.63) is 46.8 Å². The number of carboxylic acid groups (broad SMARTS) is 1. The molecule has 0 bridgehead atoms. The fourth-order valence-corrected chi connectivity index (χ4v) is 2.05. The Bertz CT molecular complexity index is 671. The van der Waals surface area contributed by atoms with Crippen LogP contribution in [0, 0.1) is 6.92 Å². The van der Waals surface area contributed by atoms with Gasteiger partial charge in [0.05, 0.1) is 11.4 Å². The molecule has 3 N–H and O–H groups in total. The third-order valence-electron chi connectivity index (χ3n) is 3.08. The van der Waals surface area contributed by atoms with Gasteiger partial charge >= 0.3 is 5.97 Å². The van der Waals surface area contributed by atoms with Crippen molar-refractivity contribution in [1.82, 2.24) is 9.97 Å². The minimum Gasteiger partial charge on any atom is -0.487 e. The monoisotopic (exact) mass is 287 g/mol. The molecule has 2 aromatic rings. The van der Waals surface area contributed by atoms with Gasteiger partial charge in [0.1, 0.15) is 17.9 Å². The molecule has 1 aromatic heterocycles. The van der Waals surface area contributed by atoms with Crippen LogP contribution >= 0.6 is 0 Å². The summed E-state index contributed by atoms with van der Waals surface area (Å²) in [6, 6.07) is 7.63. The molecule has 0 aliphatic carbocycles. The Labute approximate surface area is 122 Å². The van der Waals surface area contributed by atoms with Crippen molar-refractivity contribution in [2.75, 3.05) is 5.73 Å². The van der Waals surface area contributed by atoms with Crippen LogP contribution in [-0.2, 0) is 13.0 Å². The number of anilines is 1. The minimum atomic E-state index is -1.09. The van der Waals surface area contributed by atoms with E-state index in [1.807, 2.05) is 24.3 Å². The maximum atomic E-state index is 11.3. The number of ether oxygens (including phenoxy) is 1. The first-order chi connectivity index (χ1) is 10.0. The highest BCUT2D eigenvalue weighted by atomic mass is 16.5. The van der Waals surface area contributed by atoms with Crippen molar-refractivity contribution in [1.29, 1.82) is 0 Å². The summed E-state index contributed by atoms with van der Waals surface area (Å²) in [7, 11) is 0. The Morgan fingerprint density at radius 3 is 2.81 bits per heavy atom. The zero-order chi connectivity index (χ0) is 15.4. The Morgan fingerprint density at radius 1 is 1.38 bits per heavy atom. The Balaban J connectivity index is 2.25. The summed E-state index contributed by atoms with van der Waals surface area (Å²) in [5, 5.41) is 9.24. The number of benzene rings is 1. The average molecular weight is 287 g/mol. The predicted molar refractivity (Wildman–Crippen MR) is 78.3 cm³/mol. The summed E-state index contributed by atoms with van der Waals surface area (Å²) in [4.78, 5) is 19.1. The summed E-state index contributed by atoms with van der Waals surface area (Å²) < 4.78 is 5.63. The molecule has 1 aromatic carbocycles. The van der Waals surface area contributed by atoms with Gasteiger partial charge in [-0.2, -0.15) is 0 Å². The molecule has 0 fully saturated rings. The lowest BCUT2D eigenvalue weighted by Crippen LogP contribution is -2.14. The molecule has 0 spiro atoms. The normalized spacial score (nSPS) is 10.4. The fourth-order valence-electron chi connectivity index (χ4n) is 2.05. The number of nitrogens with two attached hydrogens (primary N) is 1. The van der Waals surface area contributed by atoms with E-state index < -0.39 is 5.97 Å². The van der Waals surface area contributed by atoms with Crippen LogP contribution in [0.2, 0.25) is 0 Å². The molecule has 0 atom stereocenters. The molecule has 0 aliphatic heterocycles. The summed E-state index contributed by atoms with van der Waals surface area (Å²) in [5.41, 5.74) is 7.36. The predicted octanol–water partition coefficient (Wildman–Crippen LogP) is 2.21. The van der Waals surface area contributed by atoms with E-state index in [0.717, 1.165) is 12.0 Å². The second-order valence-electron chi connectivity index (χ2n) is 4.58. The lowest BCUT2D eigenvalue weighted by Gasteiger charge is -2.11. The van der Waals surface area contributed by atoms with Crippen LogP contribution in [0.5, 0.6) is 5.75 Å². The van der Waals surface area contributed by atoms with E-state index in [9.17, 15) is 9.90 Å². The van der Waals surface area contributed by atoms with Crippen molar-refractivity contribution in [3.8, 4) is 5.75 Å². The Morgan fingerprint density at radius 2 is 2.14 bits per heavy atom. The number of nitrogen functional groups attached to an aromatic ring is 1. The number of hydrogen-bond acceptors (Lipinski definition) is 5. The summed E-state index contributed by atoms with van der Waals surface area (Å²) >= 11 is 0. The summed E-state index contributed by atoms with van der Waals surface area (Å²) in [6.45, 7) is 3.67. The standard InChI is InChI=1S/C15H17N3O3/c1-3-10-5-4-6-11(7-10)21-8-12-13(14(19)20)9(2)17-15(16)18-12/h4-7H,3,8H2,1-2H3,(H,19,20)(H2,16,17,18). The van der Waals surface area contributed by atoms with Crippen LogP contribution in [0.25, 0.3) is 0 Å². The molecular weight excluding hydrogens is 270 g/mol. The third-order valence-corrected chi connectivity index (χ3v) is 3.08. The van der Waals surface area contributed by atoms with Gasteiger partial charge in [-0.15, -0.1) is 0 Å². The molecule has 2 rings (SSSR count). The van der Waals surface area contributed by atoms with E-state index in [-0.39, 0.29) is 23.8 Å². The second kappa shape index (κ2) is 6.21. The number of aryl methyl sites for hydroxylation is 2. The number of nitrogens with zero attached hydrogens (tertiary/aromatic N) is 2. The maximum absolute atomic E-state index is 11.3. The molecule has 1 heterocycles. The number of aromatic carboxylic acids is 1. The number of aromatic nitrogens is 2. The van der Waals surface area contributed by atoms with Gasteiger partial charge in [0.15, 0.2) is 0 Å². The first-order valence-electron chi connectivity index (χ1n) is 6.59. The number of carbonyl (C=O) groups is 1. The number of carboxylic acids is 1. The van der Waals surface area contributed by atoms with Crippen LogP contribution in [0.3, 0.4) is 0 Å². The Hall–Kier alpha value is -2.63. The van der Waals surface area contributed by atoms with Gasteiger partial charge in [-0.1, -0.05) is 19.1 Å². The van der Waals surface area contributed by atoms with Gasteiger partial charge in [0, 0.05) is 0 Å². The highest BCUT2D eigenvalue weighted by molar-refractivity contribution is 5.90. The summed E-state index contributed by atoms with van der Waals surface area (Å²) in [6.07, 6.45) is 0.900. The summed E-state index contributed by atoms with van der Waals surface area (Å²) in [5.74, 6) is -0.382. The molecule has 0 saturated carbocycles. The molecule has 110 valence electrons. The lowest BCUT2D eigenvalue weighted by atomic mass is 10.1. The molecule has 0 saturated heterocycles. The smallest absolute Gasteiger partial charge is 0.339 e. The van der Waals surface area contributed by atoms with Crippen LogP contribution in [0.15, 0.2) is 24.3 Å². The van der Waals surface area contributed by atoms with Gasteiger partial charge in [0.25, 0.3) is 0 Å². The number of rotatable bonds is 5. The quantitative estimate of drug-likeness (QED) is 0.874. The van der Waals surface area contributed by atoms with E-state index in [4.69, 9.17) is 10.5 Å². The van der Waals surface area contributed by atoms with Crippen molar-refractivity contribution < 1.29 is 14.6 Å². The van der Waals surface area contributed by atoms with E-state index in [2.05, 4.69) is 16.9 Å². The van der Waals surface area contributed by atoms with Crippen molar-refractivity contribution in [3.63, 3.8) is 0 Å². The third kappa shape index (κ3) is 3.47. The van der Waals surface area contributed by atoms with Crippen LogP contribution in [0.1, 0.15) is 34.2 Å². The highest BCUT2D eigenvalue weighted by Crippen LogP contribution is 2.18. The molecule has 6 nitrogen and oxygen atoms in total.